The fourth-order valence-electron chi connectivity index (χ4n) is 1.74. The Kier molecular flexibility index (Phi) is 3.30. The first-order valence-electron chi connectivity index (χ1n) is 6.19. The van der Waals surface area contributed by atoms with Gasteiger partial charge < -0.3 is 11.1 Å². The van der Waals surface area contributed by atoms with Crippen LogP contribution in [0.15, 0.2) is 55.4 Å². The third-order valence-electron chi connectivity index (χ3n) is 2.79. The van der Waals surface area contributed by atoms with E-state index in [0.29, 0.717) is 17.1 Å². The second-order valence-electron chi connectivity index (χ2n) is 4.31. The predicted molar refractivity (Wildman–Crippen MR) is 78.0 cm³/mol. The van der Waals surface area contributed by atoms with Gasteiger partial charge in [-0.05, 0) is 24.3 Å². The first-order chi connectivity index (χ1) is 10.2. The Morgan fingerprint density at radius 1 is 1.14 bits per heavy atom. The van der Waals surface area contributed by atoms with Gasteiger partial charge in [0.05, 0.1) is 23.8 Å². The number of nitrogen functional groups attached to an aromatic ring is 1. The van der Waals surface area contributed by atoms with E-state index in [1.54, 1.807) is 53.8 Å². The van der Waals surface area contributed by atoms with Gasteiger partial charge >= 0.3 is 0 Å². The van der Waals surface area contributed by atoms with Crippen molar-refractivity contribution in [3.8, 4) is 5.82 Å². The lowest BCUT2D eigenvalue weighted by Gasteiger charge is -2.06. The molecule has 0 aliphatic rings. The van der Waals surface area contributed by atoms with E-state index in [9.17, 15) is 4.79 Å². The average Bonchev–Trinajstić information content (AvgIpc) is 3.03. The zero-order valence-corrected chi connectivity index (χ0v) is 11.0. The second-order valence-corrected chi connectivity index (χ2v) is 4.31. The summed E-state index contributed by atoms with van der Waals surface area (Å²) in [7, 11) is 0. The van der Waals surface area contributed by atoms with Gasteiger partial charge in [0.2, 0.25) is 0 Å². The number of amides is 1. The number of carbonyl (C=O) groups is 1. The molecular weight excluding hydrogens is 268 g/mol. The van der Waals surface area contributed by atoms with Crippen LogP contribution in [0.4, 0.5) is 11.4 Å². The molecule has 21 heavy (non-hydrogen) atoms. The van der Waals surface area contributed by atoms with Crippen LogP contribution in [0.25, 0.3) is 5.82 Å². The lowest BCUT2D eigenvalue weighted by Crippen LogP contribution is -2.14. The molecule has 3 heterocycles. The zero-order chi connectivity index (χ0) is 14.7. The normalized spacial score (nSPS) is 10.3. The van der Waals surface area contributed by atoms with Crippen molar-refractivity contribution in [2.45, 2.75) is 0 Å². The molecule has 7 nitrogen and oxygen atoms in total. The highest BCUT2D eigenvalue weighted by Crippen LogP contribution is 2.11. The molecule has 7 heteroatoms. The van der Waals surface area contributed by atoms with Crippen LogP contribution in [0.1, 0.15) is 10.5 Å². The monoisotopic (exact) mass is 280 g/mol. The van der Waals surface area contributed by atoms with Gasteiger partial charge in [-0.2, -0.15) is 0 Å². The molecule has 3 rings (SSSR count). The smallest absolute Gasteiger partial charge is 0.274 e. The molecule has 0 bridgehead atoms. The van der Waals surface area contributed by atoms with E-state index in [4.69, 9.17) is 5.73 Å². The number of rotatable bonds is 3. The van der Waals surface area contributed by atoms with Crippen molar-refractivity contribution in [3.63, 3.8) is 0 Å². The Bertz CT molecular complexity index is 734. The predicted octanol–water partition coefficient (Wildman–Crippen LogP) is 1.50. The molecule has 0 aliphatic heterocycles. The van der Waals surface area contributed by atoms with Crippen LogP contribution >= 0.6 is 0 Å². The minimum absolute atomic E-state index is 0.294. The Labute approximate surface area is 120 Å². The largest absolute Gasteiger partial charge is 0.397 e. The van der Waals surface area contributed by atoms with Gasteiger partial charge in [-0.1, -0.05) is 0 Å². The third kappa shape index (κ3) is 2.86. The summed E-state index contributed by atoms with van der Waals surface area (Å²) in [6.07, 6.45) is 8.13. The molecule has 3 aromatic heterocycles. The van der Waals surface area contributed by atoms with Crippen LogP contribution in [0.2, 0.25) is 0 Å². The number of aromatic nitrogens is 4. The SMILES string of the molecule is Nc1ccc(C(=O)Nc2ccc(-n3ccnc3)nc2)nc1. The van der Waals surface area contributed by atoms with Gasteiger partial charge in [-0.25, -0.2) is 15.0 Å². The van der Waals surface area contributed by atoms with E-state index < -0.39 is 0 Å². The minimum atomic E-state index is -0.313. The van der Waals surface area contributed by atoms with E-state index in [1.165, 1.54) is 6.20 Å². The molecule has 3 N–H and O–H groups in total. The molecule has 0 fully saturated rings. The van der Waals surface area contributed by atoms with Crippen molar-refractivity contribution in [2.24, 2.45) is 0 Å². The zero-order valence-electron chi connectivity index (χ0n) is 11.0. The van der Waals surface area contributed by atoms with Crippen LogP contribution in [0, 0.1) is 0 Å². The third-order valence-corrected chi connectivity index (χ3v) is 2.79. The molecule has 1 amide bonds. The number of hydrogen-bond donors (Lipinski definition) is 2. The van der Waals surface area contributed by atoms with E-state index in [-0.39, 0.29) is 5.91 Å². The highest BCUT2D eigenvalue weighted by atomic mass is 16.1. The molecule has 0 unspecified atom stereocenters. The average molecular weight is 280 g/mol. The molecule has 0 atom stereocenters. The lowest BCUT2D eigenvalue weighted by molar-refractivity contribution is 0.102. The molecule has 0 saturated heterocycles. The van der Waals surface area contributed by atoms with Gasteiger partial charge in [-0.3, -0.25) is 9.36 Å². The minimum Gasteiger partial charge on any atom is -0.397 e. The van der Waals surface area contributed by atoms with Gasteiger partial charge in [0.15, 0.2) is 0 Å². The number of hydrogen-bond acceptors (Lipinski definition) is 5. The first-order valence-corrected chi connectivity index (χ1v) is 6.19. The van der Waals surface area contributed by atoms with Crippen molar-refractivity contribution in [1.82, 2.24) is 19.5 Å². The van der Waals surface area contributed by atoms with Crippen molar-refractivity contribution < 1.29 is 4.79 Å². The number of nitrogens with two attached hydrogens (primary N) is 1. The molecule has 0 aromatic carbocycles. The van der Waals surface area contributed by atoms with Gasteiger partial charge in [0, 0.05) is 12.4 Å². The van der Waals surface area contributed by atoms with E-state index in [1.807, 2.05) is 0 Å². The lowest BCUT2D eigenvalue weighted by atomic mass is 10.3. The summed E-state index contributed by atoms with van der Waals surface area (Å²) in [5, 5.41) is 2.72. The van der Waals surface area contributed by atoms with Crippen molar-refractivity contribution in [3.05, 3.63) is 61.1 Å². The molecular formula is C14H12N6O. The van der Waals surface area contributed by atoms with Crippen molar-refractivity contribution in [2.75, 3.05) is 11.1 Å². The quantitative estimate of drug-likeness (QED) is 0.757. The first kappa shape index (κ1) is 12.8. The summed E-state index contributed by atoms with van der Waals surface area (Å²) in [5.74, 6) is 0.406. The summed E-state index contributed by atoms with van der Waals surface area (Å²) in [5.41, 5.74) is 6.92. The summed E-state index contributed by atoms with van der Waals surface area (Å²) < 4.78 is 1.77. The number of anilines is 2. The van der Waals surface area contributed by atoms with Gasteiger partial charge in [0.25, 0.3) is 5.91 Å². The van der Waals surface area contributed by atoms with Crippen LogP contribution < -0.4 is 11.1 Å². The maximum absolute atomic E-state index is 12.0. The van der Waals surface area contributed by atoms with Crippen LogP contribution in [-0.2, 0) is 0 Å². The van der Waals surface area contributed by atoms with Gasteiger partial charge in [0.1, 0.15) is 17.8 Å². The topological polar surface area (TPSA) is 98.7 Å². The summed E-state index contributed by atoms with van der Waals surface area (Å²) in [6, 6.07) is 6.74. The maximum atomic E-state index is 12.0. The number of pyridine rings is 2. The Morgan fingerprint density at radius 3 is 2.67 bits per heavy atom. The molecule has 0 saturated carbocycles. The Morgan fingerprint density at radius 2 is 2.05 bits per heavy atom. The van der Waals surface area contributed by atoms with Crippen LogP contribution in [0.3, 0.4) is 0 Å². The summed E-state index contributed by atoms with van der Waals surface area (Å²) >= 11 is 0. The van der Waals surface area contributed by atoms with Crippen molar-refractivity contribution in [1.29, 1.82) is 0 Å². The summed E-state index contributed by atoms with van der Waals surface area (Å²) in [4.78, 5) is 24.1. The molecule has 0 spiro atoms. The molecule has 0 radical (unpaired) electrons. The fraction of sp³-hybridized carbons (Fsp3) is 0. The summed E-state index contributed by atoms with van der Waals surface area (Å²) in [6.45, 7) is 0. The molecule has 0 aliphatic carbocycles. The fourth-order valence-corrected chi connectivity index (χ4v) is 1.74. The number of carbonyl (C=O) groups excluding carboxylic acids is 1. The van der Waals surface area contributed by atoms with Crippen molar-refractivity contribution >= 4 is 17.3 Å². The highest BCUT2D eigenvalue weighted by Gasteiger charge is 2.07. The number of imidazole rings is 1. The number of nitrogens with one attached hydrogen (secondary N) is 1. The Hall–Kier alpha value is -3.22. The van der Waals surface area contributed by atoms with E-state index in [2.05, 4.69) is 20.3 Å². The van der Waals surface area contributed by atoms with Crippen LogP contribution in [-0.4, -0.2) is 25.4 Å². The highest BCUT2D eigenvalue weighted by molar-refractivity contribution is 6.02. The van der Waals surface area contributed by atoms with E-state index in [0.717, 1.165) is 5.82 Å². The molecule has 104 valence electrons. The van der Waals surface area contributed by atoms with E-state index >= 15 is 0 Å². The standard InChI is InChI=1S/C14H12N6O/c15-10-1-3-12(17-7-10)14(21)19-11-2-4-13(18-8-11)20-6-5-16-9-20/h1-9H,15H2,(H,19,21). The Balaban J connectivity index is 1.73. The number of nitrogens with zero attached hydrogens (tertiary/aromatic N) is 4. The second kappa shape index (κ2) is 5.41. The van der Waals surface area contributed by atoms with Gasteiger partial charge in [-0.15, -0.1) is 0 Å². The van der Waals surface area contributed by atoms with Crippen LogP contribution in [0.5, 0.6) is 0 Å². The molecule has 3 aromatic rings. The maximum Gasteiger partial charge on any atom is 0.274 e.